The number of carbonyl (C=O) groups excluding carboxylic acids is 2. The van der Waals surface area contributed by atoms with Gasteiger partial charge in [0.2, 0.25) is 5.91 Å². The zero-order chi connectivity index (χ0) is 13.3. The van der Waals surface area contributed by atoms with E-state index < -0.39 is 0 Å². The molecule has 1 aromatic rings. The lowest BCUT2D eigenvalue weighted by molar-refractivity contribution is -0.124. The molecule has 1 aliphatic rings. The zero-order valence-corrected chi connectivity index (χ0v) is 10.6. The molecule has 1 aliphatic heterocycles. The van der Waals surface area contributed by atoms with Crippen LogP contribution in [0.2, 0.25) is 5.02 Å². The highest BCUT2D eigenvalue weighted by molar-refractivity contribution is 6.32. The maximum Gasteiger partial charge on any atom is 0.254 e. The van der Waals surface area contributed by atoms with Crippen LogP contribution in [0.3, 0.4) is 0 Å². The molecule has 0 aliphatic carbocycles. The summed E-state index contributed by atoms with van der Waals surface area (Å²) in [6, 6.07) is 4.22. The van der Waals surface area contributed by atoms with Gasteiger partial charge >= 0.3 is 0 Å². The number of amides is 2. The fourth-order valence-electron chi connectivity index (χ4n) is 1.92. The van der Waals surface area contributed by atoms with Crippen LogP contribution >= 0.6 is 11.6 Å². The molecule has 1 unspecified atom stereocenters. The van der Waals surface area contributed by atoms with Crippen molar-refractivity contribution in [3.05, 3.63) is 28.8 Å². The third-order valence-corrected chi connectivity index (χ3v) is 3.04. The van der Waals surface area contributed by atoms with E-state index in [0.29, 0.717) is 12.1 Å². The van der Waals surface area contributed by atoms with Crippen molar-refractivity contribution < 1.29 is 14.7 Å². The summed E-state index contributed by atoms with van der Waals surface area (Å²) in [6.07, 6.45) is 0. The van der Waals surface area contributed by atoms with Crippen molar-refractivity contribution in [1.29, 1.82) is 0 Å². The number of rotatable bonds is 1. The third kappa shape index (κ3) is 2.56. The number of benzene rings is 1. The van der Waals surface area contributed by atoms with E-state index in [9.17, 15) is 14.7 Å². The van der Waals surface area contributed by atoms with Crippen molar-refractivity contribution in [3.8, 4) is 5.75 Å². The molecule has 2 rings (SSSR count). The zero-order valence-electron chi connectivity index (χ0n) is 9.81. The quantitative estimate of drug-likeness (QED) is 0.799. The molecule has 0 radical (unpaired) electrons. The molecular weight excluding hydrogens is 256 g/mol. The van der Waals surface area contributed by atoms with Gasteiger partial charge in [0.05, 0.1) is 11.6 Å². The second kappa shape index (κ2) is 4.86. The van der Waals surface area contributed by atoms with Crippen LogP contribution < -0.4 is 5.32 Å². The van der Waals surface area contributed by atoms with Gasteiger partial charge in [-0.1, -0.05) is 11.6 Å². The van der Waals surface area contributed by atoms with Gasteiger partial charge in [-0.25, -0.2) is 0 Å². The maximum atomic E-state index is 12.1. The molecule has 1 aromatic carbocycles. The molecule has 2 N–H and O–H groups in total. The first-order valence-corrected chi connectivity index (χ1v) is 5.92. The molecule has 2 amide bonds. The summed E-state index contributed by atoms with van der Waals surface area (Å²) in [4.78, 5) is 25.0. The van der Waals surface area contributed by atoms with Crippen molar-refractivity contribution in [3.63, 3.8) is 0 Å². The number of aromatic hydroxyl groups is 1. The van der Waals surface area contributed by atoms with E-state index >= 15 is 0 Å². The second-order valence-corrected chi connectivity index (χ2v) is 4.73. The Balaban J connectivity index is 2.20. The number of nitrogens with zero attached hydrogens (tertiary/aromatic N) is 1. The van der Waals surface area contributed by atoms with Gasteiger partial charge in [0.1, 0.15) is 5.75 Å². The summed E-state index contributed by atoms with van der Waals surface area (Å²) in [5, 5.41) is 12.4. The minimum atomic E-state index is -0.288. The summed E-state index contributed by atoms with van der Waals surface area (Å²) < 4.78 is 0. The molecular formula is C12H13ClN2O3. The topological polar surface area (TPSA) is 69.6 Å². The first kappa shape index (κ1) is 12.7. The minimum absolute atomic E-state index is 0.0343. The Labute approximate surface area is 109 Å². The number of piperazine rings is 1. The first-order chi connectivity index (χ1) is 8.47. The first-order valence-electron chi connectivity index (χ1n) is 5.54. The molecule has 6 heteroatoms. The lowest BCUT2D eigenvalue weighted by Gasteiger charge is -2.31. The minimum Gasteiger partial charge on any atom is -0.506 e. The fourth-order valence-corrected chi connectivity index (χ4v) is 2.04. The molecule has 18 heavy (non-hydrogen) atoms. The maximum absolute atomic E-state index is 12.1. The van der Waals surface area contributed by atoms with Crippen molar-refractivity contribution in [2.45, 2.75) is 13.0 Å². The van der Waals surface area contributed by atoms with E-state index in [2.05, 4.69) is 5.32 Å². The number of phenols is 1. The number of hydrogen-bond acceptors (Lipinski definition) is 3. The molecule has 1 saturated heterocycles. The van der Waals surface area contributed by atoms with Crippen LogP contribution in [0.15, 0.2) is 18.2 Å². The Morgan fingerprint density at radius 2 is 2.28 bits per heavy atom. The van der Waals surface area contributed by atoms with E-state index in [4.69, 9.17) is 11.6 Å². The number of halogens is 1. The Bertz CT molecular complexity index is 504. The molecule has 0 aromatic heterocycles. The average molecular weight is 269 g/mol. The van der Waals surface area contributed by atoms with E-state index in [-0.39, 0.29) is 35.2 Å². The van der Waals surface area contributed by atoms with Crippen LogP contribution in [0.4, 0.5) is 0 Å². The van der Waals surface area contributed by atoms with Crippen LogP contribution in [0.5, 0.6) is 5.75 Å². The van der Waals surface area contributed by atoms with Gasteiger partial charge in [-0.3, -0.25) is 9.59 Å². The molecule has 0 bridgehead atoms. The third-order valence-electron chi connectivity index (χ3n) is 2.72. The van der Waals surface area contributed by atoms with E-state index in [1.807, 2.05) is 6.92 Å². The predicted octanol–water partition coefficient (Wildman–Crippen LogP) is 1.01. The summed E-state index contributed by atoms with van der Waals surface area (Å²) in [5.41, 5.74) is 0.318. The standard InChI is InChI=1S/C12H13ClN2O3/c1-7-5-15(6-11(17)14-7)12(18)8-2-3-9(13)10(16)4-8/h2-4,7,16H,5-6H2,1H3,(H,14,17). The molecule has 96 valence electrons. The van der Waals surface area contributed by atoms with Gasteiger partial charge in [-0.05, 0) is 25.1 Å². The number of nitrogens with one attached hydrogen (secondary N) is 1. The average Bonchev–Trinajstić information content (AvgIpc) is 2.30. The molecule has 1 atom stereocenters. The summed E-state index contributed by atoms with van der Waals surface area (Å²) in [7, 11) is 0. The Morgan fingerprint density at radius 3 is 2.89 bits per heavy atom. The number of carbonyl (C=O) groups is 2. The van der Waals surface area contributed by atoms with Gasteiger partial charge in [-0.2, -0.15) is 0 Å². The SMILES string of the molecule is CC1CN(C(=O)c2ccc(Cl)c(O)c2)CC(=O)N1. The van der Waals surface area contributed by atoms with Crippen LogP contribution in [-0.2, 0) is 4.79 Å². The largest absolute Gasteiger partial charge is 0.506 e. The highest BCUT2D eigenvalue weighted by Gasteiger charge is 2.26. The van der Waals surface area contributed by atoms with E-state index in [0.717, 1.165) is 0 Å². The molecule has 5 nitrogen and oxygen atoms in total. The fraction of sp³-hybridized carbons (Fsp3) is 0.333. The molecule has 1 heterocycles. The normalized spacial score (nSPS) is 19.6. The number of phenolic OH excluding ortho intramolecular Hbond substituents is 1. The van der Waals surface area contributed by atoms with Crippen molar-refractivity contribution >= 4 is 23.4 Å². The summed E-state index contributed by atoms with van der Waals surface area (Å²) in [5.74, 6) is -0.610. The van der Waals surface area contributed by atoms with Gasteiger partial charge in [0.15, 0.2) is 0 Å². The van der Waals surface area contributed by atoms with Crippen LogP contribution in [0.1, 0.15) is 17.3 Å². The highest BCUT2D eigenvalue weighted by atomic mass is 35.5. The van der Waals surface area contributed by atoms with Gasteiger partial charge in [-0.15, -0.1) is 0 Å². The van der Waals surface area contributed by atoms with Gasteiger partial charge in [0, 0.05) is 18.2 Å². The van der Waals surface area contributed by atoms with Crippen LogP contribution in [0.25, 0.3) is 0 Å². The monoisotopic (exact) mass is 268 g/mol. The smallest absolute Gasteiger partial charge is 0.254 e. The Kier molecular flexibility index (Phi) is 3.43. The van der Waals surface area contributed by atoms with Crippen LogP contribution in [0, 0.1) is 0 Å². The Morgan fingerprint density at radius 1 is 1.56 bits per heavy atom. The summed E-state index contributed by atoms with van der Waals surface area (Å²) in [6.45, 7) is 2.32. The van der Waals surface area contributed by atoms with E-state index in [1.54, 1.807) is 0 Å². The highest BCUT2D eigenvalue weighted by Crippen LogP contribution is 2.24. The molecule has 0 saturated carbocycles. The lowest BCUT2D eigenvalue weighted by Crippen LogP contribution is -2.54. The summed E-state index contributed by atoms with van der Waals surface area (Å²) >= 11 is 5.68. The Hall–Kier alpha value is -1.75. The van der Waals surface area contributed by atoms with E-state index in [1.165, 1.54) is 23.1 Å². The van der Waals surface area contributed by atoms with Gasteiger partial charge < -0.3 is 15.3 Å². The molecule has 0 spiro atoms. The van der Waals surface area contributed by atoms with Gasteiger partial charge in [0.25, 0.3) is 5.91 Å². The second-order valence-electron chi connectivity index (χ2n) is 4.32. The predicted molar refractivity (Wildman–Crippen MR) is 66.6 cm³/mol. The van der Waals surface area contributed by atoms with Crippen molar-refractivity contribution in [1.82, 2.24) is 10.2 Å². The molecule has 1 fully saturated rings. The lowest BCUT2D eigenvalue weighted by atomic mass is 10.1. The van der Waals surface area contributed by atoms with Crippen molar-refractivity contribution in [2.24, 2.45) is 0 Å². The van der Waals surface area contributed by atoms with Crippen molar-refractivity contribution in [2.75, 3.05) is 13.1 Å². The van der Waals surface area contributed by atoms with Crippen LogP contribution in [-0.4, -0.2) is 41.0 Å². The number of hydrogen-bond donors (Lipinski definition) is 2.